The average molecular weight is 182 g/mol. The van der Waals surface area contributed by atoms with Gasteiger partial charge >= 0.3 is 5.97 Å². The van der Waals surface area contributed by atoms with E-state index >= 15 is 0 Å². The summed E-state index contributed by atoms with van der Waals surface area (Å²) in [5.41, 5.74) is 0. The molecule has 72 valence electrons. The Labute approximate surface area is 77.7 Å². The highest BCUT2D eigenvalue weighted by Gasteiger charge is 2.49. The summed E-state index contributed by atoms with van der Waals surface area (Å²) in [4.78, 5) is 11.4. The molecule has 1 fully saturated rings. The van der Waals surface area contributed by atoms with Crippen molar-refractivity contribution in [3.8, 4) is 0 Å². The van der Waals surface area contributed by atoms with Gasteiger partial charge in [-0.25, -0.2) is 0 Å². The van der Waals surface area contributed by atoms with E-state index in [2.05, 4.69) is 12.2 Å². The molecule has 2 aliphatic rings. The van der Waals surface area contributed by atoms with E-state index in [4.69, 9.17) is 9.47 Å². The van der Waals surface area contributed by atoms with Crippen molar-refractivity contribution in [3.05, 3.63) is 12.2 Å². The van der Waals surface area contributed by atoms with Crippen LogP contribution in [0.2, 0.25) is 0 Å². The van der Waals surface area contributed by atoms with E-state index in [0.29, 0.717) is 11.8 Å². The van der Waals surface area contributed by atoms with Gasteiger partial charge in [0.1, 0.15) is 0 Å². The number of ether oxygens (including phenoxy) is 2. The molecule has 0 aromatic carbocycles. The molecule has 3 nitrogen and oxygen atoms in total. The summed E-state index contributed by atoms with van der Waals surface area (Å²) >= 11 is 0. The summed E-state index contributed by atoms with van der Waals surface area (Å²) in [7, 11) is 3.10. The van der Waals surface area contributed by atoms with Gasteiger partial charge < -0.3 is 9.47 Å². The van der Waals surface area contributed by atoms with E-state index in [0.717, 1.165) is 6.42 Å². The van der Waals surface area contributed by atoms with Crippen molar-refractivity contribution in [1.29, 1.82) is 0 Å². The van der Waals surface area contributed by atoms with Crippen LogP contribution in [0.1, 0.15) is 6.42 Å². The number of rotatable bonds is 2. The Bertz CT molecular complexity index is 247. The number of fused-ring (bicyclic) bond motifs is 2. The summed E-state index contributed by atoms with van der Waals surface area (Å²) in [6, 6.07) is 0. The number of carbonyl (C=O) groups excluding carboxylic acids is 1. The lowest BCUT2D eigenvalue weighted by Gasteiger charge is -2.24. The fourth-order valence-corrected chi connectivity index (χ4v) is 2.54. The molecule has 0 radical (unpaired) electrons. The molecule has 4 atom stereocenters. The van der Waals surface area contributed by atoms with E-state index in [1.807, 2.05) is 0 Å². The molecule has 0 spiro atoms. The topological polar surface area (TPSA) is 35.5 Å². The van der Waals surface area contributed by atoms with Crippen LogP contribution >= 0.6 is 0 Å². The number of methoxy groups -OCH3 is 2. The predicted molar refractivity (Wildman–Crippen MR) is 47.0 cm³/mol. The maximum absolute atomic E-state index is 11.4. The highest BCUT2D eigenvalue weighted by atomic mass is 16.5. The van der Waals surface area contributed by atoms with Crippen LogP contribution in [0.4, 0.5) is 0 Å². The summed E-state index contributed by atoms with van der Waals surface area (Å²) in [5.74, 6) is 0.537. The number of hydrogen-bond acceptors (Lipinski definition) is 3. The highest BCUT2D eigenvalue weighted by Crippen LogP contribution is 2.45. The minimum atomic E-state index is -0.135. The molecule has 13 heavy (non-hydrogen) atoms. The van der Waals surface area contributed by atoms with Gasteiger partial charge in [0.15, 0.2) is 0 Å². The Morgan fingerprint density at radius 3 is 2.62 bits per heavy atom. The second-order valence-corrected chi connectivity index (χ2v) is 3.70. The maximum atomic E-state index is 11.4. The van der Waals surface area contributed by atoms with Crippen molar-refractivity contribution in [2.75, 3.05) is 14.2 Å². The summed E-state index contributed by atoms with van der Waals surface area (Å²) in [5, 5.41) is 0. The van der Waals surface area contributed by atoms with Gasteiger partial charge in [-0.15, -0.1) is 0 Å². The molecule has 0 heterocycles. The molecular weight excluding hydrogens is 168 g/mol. The molecule has 0 saturated heterocycles. The van der Waals surface area contributed by atoms with Crippen LogP contribution in [0.3, 0.4) is 0 Å². The second-order valence-electron chi connectivity index (χ2n) is 3.70. The Morgan fingerprint density at radius 1 is 1.31 bits per heavy atom. The molecular formula is C10H14O3. The molecule has 1 saturated carbocycles. The third-order valence-electron chi connectivity index (χ3n) is 3.13. The van der Waals surface area contributed by atoms with Crippen LogP contribution in [0.5, 0.6) is 0 Å². The smallest absolute Gasteiger partial charge is 0.311 e. The quantitative estimate of drug-likeness (QED) is 0.472. The number of esters is 1. The zero-order chi connectivity index (χ0) is 9.42. The average Bonchev–Trinajstić information content (AvgIpc) is 2.74. The molecule has 0 unspecified atom stereocenters. The molecule has 0 aliphatic heterocycles. The normalized spacial score (nSPS) is 41.1. The molecule has 0 aromatic heterocycles. The molecule has 2 bridgehead atoms. The molecule has 2 rings (SSSR count). The Hall–Kier alpha value is -0.830. The third kappa shape index (κ3) is 1.18. The van der Waals surface area contributed by atoms with E-state index in [-0.39, 0.29) is 18.0 Å². The van der Waals surface area contributed by atoms with Gasteiger partial charge in [0, 0.05) is 13.0 Å². The van der Waals surface area contributed by atoms with Crippen molar-refractivity contribution in [1.82, 2.24) is 0 Å². The van der Waals surface area contributed by atoms with Gasteiger partial charge in [0.25, 0.3) is 0 Å². The monoisotopic (exact) mass is 182 g/mol. The summed E-state index contributed by atoms with van der Waals surface area (Å²) in [6.07, 6.45) is 5.33. The molecule has 0 amide bonds. The summed E-state index contributed by atoms with van der Waals surface area (Å²) < 4.78 is 10.1. The molecule has 0 N–H and O–H groups in total. The SMILES string of the molecule is COC(=O)[C@H]1[C@H](OC)[C@H]2C=C[C@@H]1C2. The Balaban J connectivity index is 2.18. The standard InChI is InChI=1S/C10H14O3/c1-12-9-7-4-3-6(5-7)8(9)10(11)13-2/h3-4,6-9H,5H2,1-2H3/t6-,7+,8-,9-/m1/s1. The highest BCUT2D eigenvalue weighted by molar-refractivity contribution is 5.74. The number of allylic oxidation sites excluding steroid dienone is 1. The van der Waals surface area contributed by atoms with E-state index in [9.17, 15) is 4.79 Å². The van der Waals surface area contributed by atoms with E-state index < -0.39 is 0 Å². The van der Waals surface area contributed by atoms with Gasteiger partial charge in [-0.05, 0) is 12.3 Å². The van der Waals surface area contributed by atoms with E-state index in [1.165, 1.54) is 7.11 Å². The van der Waals surface area contributed by atoms with Crippen molar-refractivity contribution >= 4 is 5.97 Å². The zero-order valence-corrected chi connectivity index (χ0v) is 7.90. The van der Waals surface area contributed by atoms with Crippen LogP contribution in [0.15, 0.2) is 12.2 Å². The van der Waals surface area contributed by atoms with Gasteiger partial charge in [-0.2, -0.15) is 0 Å². The first kappa shape index (κ1) is 8.75. The Morgan fingerprint density at radius 2 is 2.00 bits per heavy atom. The van der Waals surface area contributed by atoms with Crippen LogP contribution in [0, 0.1) is 17.8 Å². The Kier molecular flexibility index (Phi) is 2.12. The predicted octanol–water partition coefficient (Wildman–Crippen LogP) is 0.996. The van der Waals surface area contributed by atoms with Crippen molar-refractivity contribution in [2.45, 2.75) is 12.5 Å². The van der Waals surface area contributed by atoms with Crippen molar-refractivity contribution < 1.29 is 14.3 Å². The molecule has 3 heteroatoms. The van der Waals surface area contributed by atoms with Crippen LogP contribution in [-0.4, -0.2) is 26.3 Å². The van der Waals surface area contributed by atoms with Crippen LogP contribution in [0.25, 0.3) is 0 Å². The van der Waals surface area contributed by atoms with Gasteiger partial charge in [0.05, 0.1) is 19.1 Å². The zero-order valence-electron chi connectivity index (χ0n) is 7.90. The largest absolute Gasteiger partial charge is 0.469 e. The minimum Gasteiger partial charge on any atom is -0.469 e. The fraction of sp³-hybridized carbons (Fsp3) is 0.700. The fourth-order valence-electron chi connectivity index (χ4n) is 2.54. The van der Waals surface area contributed by atoms with Crippen molar-refractivity contribution in [2.24, 2.45) is 17.8 Å². The molecule has 0 aromatic rings. The van der Waals surface area contributed by atoms with Crippen LogP contribution in [-0.2, 0) is 14.3 Å². The van der Waals surface area contributed by atoms with Crippen LogP contribution < -0.4 is 0 Å². The second kappa shape index (κ2) is 3.14. The third-order valence-corrected chi connectivity index (χ3v) is 3.13. The van der Waals surface area contributed by atoms with Gasteiger partial charge in [-0.3, -0.25) is 4.79 Å². The lowest BCUT2D eigenvalue weighted by Crippen LogP contribution is -2.34. The number of hydrogen-bond donors (Lipinski definition) is 0. The van der Waals surface area contributed by atoms with Crippen molar-refractivity contribution in [3.63, 3.8) is 0 Å². The first-order valence-corrected chi connectivity index (χ1v) is 4.57. The lowest BCUT2D eigenvalue weighted by atomic mass is 9.91. The lowest BCUT2D eigenvalue weighted by molar-refractivity contribution is -0.151. The van der Waals surface area contributed by atoms with Gasteiger partial charge in [0.2, 0.25) is 0 Å². The minimum absolute atomic E-state index is 0.0300. The maximum Gasteiger partial charge on any atom is 0.311 e. The van der Waals surface area contributed by atoms with Gasteiger partial charge in [-0.1, -0.05) is 12.2 Å². The van der Waals surface area contributed by atoms with E-state index in [1.54, 1.807) is 7.11 Å². The molecule has 2 aliphatic carbocycles. The first-order valence-electron chi connectivity index (χ1n) is 4.57. The first-order chi connectivity index (χ1) is 6.27. The number of carbonyl (C=O) groups is 1. The summed E-state index contributed by atoms with van der Waals surface area (Å²) in [6.45, 7) is 0.